The number of hydrogen-bond donors (Lipinski definition) is 0. The molecule has 0 aliphatic carbocycles. The third kappa shape index (κ3) is 3.73. The summed E-state index contributed by atoms with van der Waals surface area (Å²) in [4.78, 5) is 16.5. The topological polar surface area (TPSA) is 47.9 Å². The minimum Gasteiger partial charge on any atom is -0.496 e. The maximum atomic E-state index is 12.1. The fraction of sp³-hybridized carbons (Fsp3) is 0.0588. The van der Waals surface area contributed by atoms with E-state index in [2.05, 4.69) is 59.4 Å². The molecule has 0 unspecified atom stereocenters. The Labute approximate surface area is 169 Å². The third-order valence-electron chi connectivity index (χ3n) is 3.27. The average Bonchev–Trinajstić information content (AvgIpc) is 2.91. The number of esters is 1. The summed E-state index contributed by atoms with van der Waals surface area (Å²) in [7, 11) is 1.58. The molecule has 1 aliphatic heterocycles. The van der Waals surface area contributed by atoms with Crippen LogP contribution in [0.2, 0.25) is 0 Å². The molecule has 0 fully saturated rings. The number of rotatable bonds is 3. The van der Waals surface area contributed by atoms with Crippen molar-refractivity contribution in [2.24, 2.45) is 4.99 Å². The second-order valence-corrected chi connectivity index (χ2v) is 7.78. The Balaban J connectivity index is 2.00. The van der Waals surface area contributed by atoms with Crippen molar-refractivity contribution in [2.75, 3.05) is 7.11 Å². The van der Waals surface area contributed by atoms with E-state index in [1.807, 2.05) is 36.4 Å². The van der Waals surface area contributed by atoms with E-state index in [9.17, 15) is 4.79 Å². The fourth-order valence-corrected chi connectivity index (χ4v) is 3.22. The number of aliphatic imine (C=N–C) groups is 1. The van der Waals surface area contributed by atoms with E-state index < -0.39 is 5.97 Å². The Morgan fingerprint density at radius 3 is 2.71 bits per heavy atom. The normalized spacial score (nSPS) is 15.4. The van der Waals surface area contributed by atoms with E-state index in [0.717, 1.165) is 23.6 Å². The van der Waals surface area contributed by atoms with Crippen LogP contribution in [0.4, 0.5) is 0 Å². The SMILES string of the molecule is COc1ccc(Br)cc1/C=C1\N=C(c2ccc(I)c(Br)c2)OC1=O. The zero-order valence-electron chi connectivity index (χ0n) is 12.3. The number of cyclic esters (lactones) is 1. The minimum absolute atomic E-state index is 0.232. The van der Waals surface area contributed by atoms with Crippen molar-refractivity contribution in [3.05, 3.63) is 65.7 Å². The Hall–Kier alpha value is -1.19. The van der Waals surface area contributed by atoms with Gasteiger partial charge in [-0.3, -0.25) is 0 Å². The number of halogens is 3. The van der Waals surface area contributed by atoms with E-state index in [0.29, 0.717) is 5.75 Å². The predicted octanol–water partition coefficient (Wildman–Crippen LogP) is 5.17. The predicted molar refractivity (Wildman–Crippen MR) is 108 cm³/mol. The second-order valence-electron chi connectivity index (χ2n) is 4.85. The van der Waals surface area contributed by atoms with Crippen LogP contribution in [0.3, 0.4) is 0 Å². The molecule has 1 aliphatic rings. The summed E-state index contributed by atoms with van der Waals surface area (Å²) in [5.41, 5.74) is 1.71. The standard InChI is InChI=1S/C17H10Br2INO3/c1-23-15-5-3-11(18)6-10(15)8-14-17(22)24-16(21-14)9-2-4-13(20)12(19)7-9/h2-8H,1H3/b14-8-. The molecule has 0 atom stereocenters. The highest BCUT2D eigenvalue weighted by Crippen LogP contribution is 2.28. The molecule has 0 amide bonds. The van der Waals surface area contributed by atoms with Crippen molar-refractivity contribution in [1.82, 2.24) is 0 Å². The first-order chi connectivity index (χ1) is 11.5. The van der Waals surface area contributed by atoms with Crippen LogP contribution < -0.4 is 4.74 Å². The fourth-order valence-electron chi connectivity index (χ4n) is 2.13. The highest BCUT2D eigenvalue weighted by Gasteiger charge is 2.25. The summed E-state index contributed by atoms with van der Waals surface area (Å²) >= 11 is 9.09. The molecule has 122 valence electrons. The number of nitrogens with zero attached hydrogens (tertiary/aromatic N) is 1. The van der Waals surface area contributed by atoms with Gasteiger partial charge in [-0.2, -0.15) is 0 Å². The molecule has 0 saturated heterocycles. The summed E-state index contributed by atoms with van der Waals surface area (Å²) in [6, 6.07) is 11.2. The number of benzene rings is 2. The molecule has 0 N–H and O–H groups in total. The van der Waals surface area contributed by atoms with E-state index in [1.165, 1.54) is 0 Å². The number of carbonyl (C=O) groups is 1. The van der Waals surface area contributed by atoms with Crippen LogP contribution in [0.1, 0.15) is 11.1 Å². The van der Waals surface area contributed by atoms with Gasteiger partial charge in [0.05, 0.1) is 7.11 Å². The molecule has 1 heterocycles. The largest absolute Gasteiger partial charge is 0.496 e. The van der Waals surface area contributed by atoms with E-state index in [4.69, 9.17) is 9.47 Å². The molecule has 2 aromatic carbocycles. The molecule has 0 saturated carbocycles. The van der Waals surface area contributed by atoms with Crippen molar-refractivity contribution in [3.8, 4) is 5.75 Å². The van der Waals surface area contributed by atoms with Crippen molar-refractivity contribution >= 4 is 72.4 Å². The zero-order valence-corrected chi connectivity index (χ0v) is 17.7. The van der Waals surface area contributed by atoms with Crippen LogP contribution >= 0.6 is 54.5 Å². The number of methoxy groups -OCH3 is 1. The van der Waals surface area contributed by atoms with Crippen molar-refractivity contribution in [2.45, 2.75) is 0 Å². The van der Waals surface area contributed by atoms with Gasteiger partial charge in [0.15, 0.2) is 5.70 Å². The lowest BCUT2D eigenvalue weighted by Gasteiger charge is -2.04. The van der Waals surface area contributed by atoms with Gasteiger partial charge in [0, 0.05) is 23.6 Å². The van der Waals surface area contributed by atoms with Crippen molar-refractivity contribution < 1.29 is 14.3 Å². The van der Waals surface area contributed by atoms with Gasteiger partial charge in [-0.05, 0) is 81.0 Å². The van der Waals surface area contributed by atoms with Gasteiger partial charge in [0.1, 0.15) is 5.75 Å². The Morgan fingerprint density at radius 2 is 2.00 bits per heavy atom. The lowest BCUT2D eigenvalue weighted by atomic mass is 10.1. The highest BCUT2D eigenvalue weighted by atomic mass is 127. The van der Waals surface area contributed by atoms with Crippen LogP contribution in [0, 0.1) is 3.57 Å². The van der Waals surface area contributed by atoms with Crippen LogP contribution in [-0.4, -0.2) is 19.0 Å². The van der Waals surface area contributed by atoms with Gasteiger partial charge in [0.2, 0.25) is 5.90 Å². The summed E-state index contributed by atoms with van der Waals surface area (Å²) in [6.07, 6.45) is 1.65. The van der Waals surface area contributed by atoms with Gasteiger partial charge in [0.25, 0.3) is 0 Å². The molecule has 4 nitrogen and oxygen atoms in total. The van der Waals surface area contributed by atoms with Gasteiger partial charge in [-0.1, -0.05) is 15.9 Å². The van der Waals surface area contributed by atoms with Gasteiger partial charge in [-0.25, -0.2) is 9.79 Å². The van der Waals surface area contributed by atoms with Crippen molar-refractivity contribution in [1.29, 1.82) is 0 Å². The van der Waals surface area contributed by atoms with Crippen LogP contribution in [0.15, 0.2) is 56.0 Å². The maximum Gasteiger partial charge on any atom is 0.363 e. The third-order valence-corrected chi connectivity index (χ3v) is 6.10. The molecular weight excluding hydrogens is 553 g/mol. The molecular formula is C17H10Br2INO3. The van der Waals surface area contributed by atoms with Gasteiger partial charge >= 0.3 is 5.97 Å². The first-order valence-corrected chi connectivity index (χ1v) is 9.46. The Kier molecular flexibility index (Phi) is 5.41. The molecule has 0 radical (unpaired) electrons. The summed E-state index contributed by atoms with van der Waals surface area (Å²) < 4.78 is 13.5. The van der Waals surface area contributed by atoms with Gasteiger partial charge < -0.3 is 9.47 Å². The molecule has 0 spiro atoms. The molecule has 3 rings (SSSR count). The molecule has 24 heavy (non-hydrogen) atoms. The average molecular weight is 563 g/mol. The van der Waals surface area contributed by atoms with E-state index >= 15 is 0 Å². The number of carbonyl (C=O) groups excluding carboxylic acids is 1. The summed E-state index contributed by atoms with van der Waals surface area (Å²) in [5, 5.41) is 0. The van der Waals surface area contributed by atoms with Crippen LogP contribution in [0.25, 0.3) is 6.08 Å². The van der Waals surface area contributed by atoms with Crippen LogP contribution in [-0.2, 0) is 9.53 Å². The summed E-state index contributed by atoms with van der Waals surface area (Å²) in [6.45, 7) is 0. The first-order valence-electron chi connectivity index (χ1n) is 6.79. The van der Waals surface area contributed by atoms with E-state index in [1.54, 1.807) is 13.2 Å². The highest BCUT2D eigenvalue weighted by molar-refractivity contribution is 14.1. The smallest absolute Gasteiger partial charge is 0.363 e. The lowest BCUT2D eigenvalue weighted by Crippen LogP contribution is -2.05. The Bertz CT molecular complexity index is 893. The molecule has 0 aromatic heterocycles. The molecule has 2 aromatic rings. The minimum atomic E-state index is -0.485. The summed E-state index contributed by atoms with van der Waals surface area (Å²) in [5.74, 6) is 0.457. The molecule has 0 bridgehead atoms. The monoisotopic (exact) mass is 561 g/mol. The van der Waals surface area contributed by atoms with Crippen molar-refractivity contribution in [3.63, 3.8) is 0 Å². The number of ether oxygens (including phenoxy) is 2. The van der Waals surface area contributed by atoms with E-state index in [-0.39, 0.29) is 11.6 Å². The Morgan fingerprint density at radius 1 is 1.21 bits per heavy atom. The second kappa shape index (κ2) is 7.37. The lowest BCUT2D eigenvalue weighted by molar-refractivity contribution is -0.129. The quantitative estimate of drug-likeness (QED) is 0.295. The maximum absolute atomic E-state index is 12.1. The zero-order chi connectivity index (χ0) is 17.3. The number of hydrogen-bond acceptors (Lipinski definition) is 4. The first kappa shape index (κ1) is 17.6. The van der Waals surface area contributed by atoms with Gasteiger partial charge in [-0.15, -0.1) is 0 Å². The molecule has 7 heteroatoms. The van der Waals surface area contributed by atoms with Crippen LogP contribution in [0.5, 0.6) is 5.75 Å².